The lowest BCUT2D eigenvalue weighted by Crippen LogP contribution is -2.27. The van der Waals surface area contributed by atoms with Gasteiger partial charge in [-0.3, -0.25) is 4.79 Å². The van der Waals surface area contributed by atoms with Crippen LogP contribution < -0.4 is 19.7 Å². The van der Waals surface area contributed by atoms with Crippen molar-refractivity contribution < 1.29 is 18.8 Å². The molecular formula is C18H23ClN4O4. The van der Waals surface area contributed by atoms with Crippen LogP contribution in [0.1, 0.15) is 31.0 Å². The standard InChI is InChI=1S/C18H22N4O4.ClH/c1-11(19-2)9-16-20-17(26-21-16)13-5-6-22(18(13)23)12-3-4-14-15(10-12)25-8-7-24-14;/h3-4,10-11,13,19H,5-9H2,1-2H3;1H. The summed E-state index contributed by atoms with van der Waals surface area (Å²) in [6.45, 7) is 3.71. The first-order chi connectivity index (χ1) is 12.7. The molecule has 1 amide bonds. The van der Waals surface area contributed by atoms with Crippen molar-refractivity contribution in [2.45, 2.75) is 31.7 Å². The molecule has 1 aromatic carbocycles. The molecular weight excluding hydrogens is 372 g/mol. The molecule has 4 rings (SSSR count). The Morgan fingerprint density at radius 1 is 1.30 bits per heavy atom. The molecule has 0 radical (unpaired) electrons. The first kappa shape index (κ1) is 19.4. The molecule has 8 nitrogen and oxygen atoms in total. The predicted molar refractivity (Wildman–Crippen MR) is 101 cm³/mol. The van der Waals surface area contributed by atoms with Gasteiger partial charge in [-0.25, -0.2) is 0 Å². The van der Waals surface area contributed by atoms with E-state index >= 15 is 0 Å². The number of fused-ring (bicyclic) bond motifs is 1. The van der Waals surface area contributed by atoms with Crippen LogP contribution in [0.3, 0.4) is 0 Å². The number of hydrogen-bond donors (Lipinski definition) is 1. The Kier molecular flexibility index (Phi) is 5.86. The van der Waals surface area contributed by atoms with Crippen molar-refractivity contribution in [3.8, 4) is 11.5 Å². The van der Waals surface area contributed by atoms with Crippen LogP contribution >= 0.6 is 12.4 Å². The maximum atomic E-state index is 12.9. The van der Waals surface area contributed by atoms with Crippen LogP contribution in [0.2, 0.25) is 0 Å². The van der Waals surface area contributed by atoms with Gasteiger partial charge >= 0.3 is 0 Å². The van der Waals surface area contributed by atoms with Gasteiger partial charge in [0, 0.05) is 30.8 Å². The fraction of sp³-hybridized carbons (Fsp3) is 0.500. The van der Waals surface area contributed by atoms with Gasteiger partial charge in [-0.1, -0.05) is 5.16 Å². The summed E-state index contributed by atoms with van der Waals surface area (Å²) in [5.41, 5.74) is 0.797. The third-order valence-corrected chi connectivity index (χ3v) is 4.81. The van der Waals surface area contributed by atoms with Crippen LogP contribution in [0.4, 0.5) is 5.69 Å². The van der Waals surface area contributed by atoms with Crippen molar-refractivity contribution >= 4 is 24.0 Å². The molecule has 1 saturated heterocycles. The number of carbonyl (C=O) groups is 1. The quantitative estimate of drug-likeness (QED) is 0.828. The molecule has 0 spiro atoms. The van der Waals surface area contributed by atoms with E-state index in [4.69, 9.17) is 14.0 Å². The van der Waals surface area contributed by atoms with Crippen LogP contribution in [0.5, 0.6) is 11.5 Å². The number of nitrogens with zero attached hydrogens (tertiary/aromatic N) is 3. The van der Waals surface area contributed by atoms with Gasteiger partial charge < -0.3 is 24.2 Å². The number of ether oxygens (including phenoxy) is 2. The van der Waals surface area contributed by atoms with E-state index in [1.165, 1.54) is 0 Å². The summed E-state index contributed by atoms with van der Waals surface area (Å²) in [6.07, 6.45) is 1.31. The van der Waals surface area contributed by atoms with Crippen molar-refractivity contribution in [3.63, 3.8) is 0 Å². The Labute approximate surface area is 163 Å². The first-order valence-corrected chi connectivity index (χ1v) is 8.86. The van der Waals surface area contributed by atoms with Crippen LogP contribution in [0, 0.1) is 0 Å². The Morgan fingerprint density at radius 3 is 2.85 bits per heavy atom. The molecule has 27 heavy (non-hydrogen) atoms. The van der Waals surface area contributed by atoms with Gasteiger partial charge in [0.2, 0.25) is 11.8 Å². The molecule has 146 valence electrons. The lowest BCUT2D eigenvalue weighted by molar-refractivity contribution is -0.118. The van der Waals surface area contributed by atoms with Gasteiger partial charge in [0.05, 0.1) is 0 Å². The zero-order valence-corrected chi connectivity index (χ0v) is 16.1. The van der Waals surface area contributed by atoms with Crippen LogP contribution in [0.25, 0.3) is 0 Å². The van der Waals surface area contributed by atoms with Gasteiger partial charge in [0.1, 0.15) is 19.1 Å². The predicted octanol–water partition coefficient (Wildman–Crippen LogP) is 1.93. The number of aromatic nitrogens is 2. The monoisotopic (exact) mass is 394 g/mol. The topological polar surface area (TPSA) is 89.7 Å². The Balaban J connectivity index is 0.00000210. The van der Waals surface area contributed by atoms with Gasteiger partial charge in [-0.2, -0.15) is 4.98 Å². The fourth-order valence-corrected chi connectivity index (χ4v) is 3.23. The molecule has 2 atom stereocenters. The molecule has 1 N–H and O–H groups in total. The van der Waals surface area contributed by atoms with Gasteiger partial charge in [-0.15, -0.1) is 12.4 Å². The number of amides is 1. The number of halogens is 1. The third-order valence-electron chi connectivity index (χ3n) is 4.81. The molecule has 0 saturated carbocycles. The molecule has 2 aliphatic rings. The van der Waals surface area contributed by atoms with Crippen molar-refractivity contribution in [2.75, 3.05) is 31.7 Å². The minimum Gasteiger partial charge on any atom is -0.486 e. The highest BCUT2D eigenvalue weighted by molar-refractivity contribution is 6.00. The van der Waals surface area contributed by atoms with Gasteiger partial charge in [0.15, 0.2) is 17.3 Å². The summed E-state index contributed by atoms with van der Waals surface area (Å²) in [4.78, 5) is 19.0. The SMILES string of the molecule is CNC(C)Cc1noc(C2CCN(c3ccc4c(c3)OCCO4)C2=O)n1.Cl. The zero-order valence-electron chi connectivity index (χ0n) is 15.3. The summed E-state index contributed by atoms with van der Waals surface area (Å²) < 4.78 is 16.5. The number of carbonyl (C=O) groups excluding carboxylic acids is 1. The summed E-state index contributed by atoms with van der Waals surface area (Å²) in [7, 11) is 1.89. The van der Waals surface area contributed by atoms with Crippen LogP contribution in [-0.2, 0) is 11.2 Å². The minimum atomic E-state index is -0.394. The highest BCUT2D eigenvalue weighted by Gasteiger charge is 2.38. The highest BCUT2D eigenvalue weighted by Crippen LogP contribution is 2.37. The van der Waals surface area contributed by atoms with Gasteiger partial charge in [0.25, 0.3) is 0 Å². The van der Waals surface area contributed by atoms with E-state index < -0.39 is 5.92 Å². The van der Waals surface area contributed by atoms with Gasteiger partial charge in [-0.05, 0) is 32.5 Å². The van der Waals surface area contributed by atoms with E-state index in [1.807, 2.05) is 32.2 Å². The number of anilines is 1. The van der Waals surface area contributed by atoms with E-state index in [2.05, 4.69) is 15.5 Å². The normalized spacial score (nSPS) is 19.7. The molecule has 2 unspecified atom stereocenters. The fourth-order valence-electron chi connectivity index (χ4n) is 3.23. The largest absolute Gasteiger partial charge is 0.486 e. The Bertz CT molecular complexity index is 812. The van der Waals surface area contributed by atoms with Crippen molar-refractivity contribution in [1.29, 1.82) is 0 Å². The smallest absolute Gasteiger partial charge is 0.239 e. The number of benzene rings is 1. The number of likely N-dealkylation sites (N-methyl/N-ethyl adjacent to an activating group) is 1. The van der Waals surface area contributed by atoms with E-state index in [0.29, 0.717) is 55.8 Å². The molecule has 2 aromatic rings. The summed E-state index contributed by atoms with van der Waals surface area (Å²) in [6, 6.07) is 5.81. The molecule has 9 heteroatoms. The molecule has 1 fully saturated rings. The summed E-state index contributed by atoms with van der Waals surface area (Å²) in [5.74, 6) is 1.98. The van der Waals surface area contributed by atoms with E-state index in [0.717, 1.165) is 5.69 Å². The van der Waals surface area contributed by atoms with Crippen molar-refractivity contribution in [2.24, 2.45) is 0 Å². The lowest BCUT2D eigenvalue weighted by atomic mass is 10.1. The maximum absolute atomic E-state index is 12.9. The van der Waals surface area contributed by atoms with Crippen molar-refractivity contribution in [1.82, 2.24) is 15.5 Å². The summed E-state index contributed by atoms with van der Waals surface area (Å²) >= 11 is 0. The summed E-state index contributed by atoms with van der Waals surface area (Å²) in [5, 5.41) is 7.14. The molecule has 3 heterocycles. The van der Waals surface area contributed by atoms with E-state index in [-0.39, 0.29) is 24.4 Å². The number of nitrogens with one attached hydrogen (secondary N) is 1. The highest BCUT2D eigenvalue weighted by atomic mass is 35.5. The van der Waals surface area contributed by atoms with E-state index in [1.54, 1.807) is 4.90 Å². The third kappa shape index (κ3) is 3.86. The average molecular weight is 395 g/mol. The second-order valence-corrected chi connectivity index (χ2v) is 6.60. The van der Waals surface area contributed by atoms with Crippen molar-refractivity contribution in [3.05, 3.63) is 29.9 Å². The molecule has 1 aromatic heterocycles. The minimum absolute atomic E-state index is 0. The number of rotatable bonds is 5. The lowest BCUT2D eigenvalue weighted by Gasteiger charge is -2.22. The van der Waals surface area contributed by atoms with Crippen LogP contribution in [-0.4, -0.2) is 48.9 Å². The first-order valence-electron chi connectivity index (χ1n) is 8.86. The zero-order chi connectivity index (χ0) is 18.1. The Hall–Kier alpha value is -2.32. The second kappa shape index (κ2) is 8.14. The van der Waals surface area contributed by atoms with Crippen LogP contribution in [0.15, 0.2) is 22.7 Å². The van der Waals surface area contributed by atoms with E-state index in [9.17, 15) is 4.79 Å². The average Bonchev–Trinajstić information content (AvgIpc) is 3.27. The Morgan fingerprint density at radius 2 is 2.07 bits per heavy atom. The molecule has 0 bridgehead atoms. The molecule has 2 aliphatic heterocycles. The second-order valence-electron chi connectivity index (χ2n) is 6.60. The molecule has 0 aliphatic carbocycles. The maximum Gasteiger partial charge on any atom is 0.239 e. The number of hydrogen-bond acceptors (Lipinski definition) is 7.